The lowest BCUT2D eigenvalue weighted by Gasteiger charge is -2.06. The maximum Gasteiger partial charge on any atom is 0.269 e. The summed E-state index contributed by atoms with van der Waals surface area (Å²) in [6.45, 7) is 4.25. The molecule has 0 aliphatic rings. The Labute approximate surface area is 127 Å². The molecule has 0 radical (unpaired) electrons. The molecule has 20 heavy (non-hydrogen) atoms. The lowest BCUT2D eigenvalue weighted by molar-refractivity contribution is 0.0951. The van der Waals surface area contributed by atoms with Crippen molar-refractivity contribution in [2.45, 2.75) is 0 Å². The summed E-state index contributed by atoms with van der Waals surface area (Å²) in [6.07, 6.45) is 1.84. The highest BCUT2D eigenvalue weighted by molar-refractivity contribution is 7.99. The molecule has 0 fully saturated rings. The molecule has 0 saturated heterocycles. The van der Waals surface area contributed by atoms with Crippen molar-refractivity contribution in [2.24, 2.45) is 0 Å². The normalized spacial score (nSPS) is 10.4. The number of amides is 1. The van der Waals surface area contributed by atoms with Gasteiger partial charge in [-0.05, 0) is 11.5 Å². The van der Waals surface area contributed by atoms with Crippen LogP contribution in [-0.2, 0) is 0 Å². The highest BCUT2D eigenvalue weighted by Crippen LogP contribution is 2.22. The number of thioether (sulfide) groups is 1. The summed E-state index contributed by atoms with van der Waals surface area (Å²) in [5, 5.41) is 4.96. The zero-order valence-electron chi connectivity index (χ0n) is 10.9. The molecule has 0 atom stereocenters. The number of hydrogen-bond donors (Lipinski definition) is 1. The summed E-state index contributed by atoms with van der Waals surface area (Å²) in [6, 6.07) is 9.37. The maximum absolute atomic E-state index is 12.0. The Kier molecular flexibility index (Phi) is 5.44. The van der Waals surface area contributed by atoms with Crippen molar-refractivity contribution < 1.29 is 4.79 Å². The molecule has 2 aromatic rings. The van der Waals surface area contributed by atoms with Gasteiger partial charge in [0.2, 0.25) is 0 Å². The predicted octanol–water partition coefficient (Wildman–Crippen LogP) is 3.54. The van der Waals surface area contributed by atoms with Crippen LogP contribution in [0.4, 0.5) is 0 Å². The number of nitrogens with one attached hydrogen (secondary N) is 1. The number of halogens is 1. The Morgan fingerprint density at radius 2 is 2.25 bits per heavy atom. The first-order valence-electron chi connectivity index (χ1n) is 6.24. The van der Waals surface area contributed by atoms with E-state index >= 15 is 0 Å². The van der Waals surface area contributed by atoms with Gasteiger partial charge in [-0.3, -0.25) is 4.79 Å². The molecule has 1 heterocycles. The first-order valence-corrected chi connectivity index (χ1v) is 7.78. The largest absolute Gasteiger partial charge is 0.350 e. The molecule has 3 nitrogen and oxygen atoms in total. The third-order valence-electron chi connectivity index (χ3n) is 2.69. The fourth-order valence-corrected chi connectivity index (χ4v) is 2.61. The number of aromatic nitrogens is 1. The standard InChI is InChI=1S/C15H15ClN2OS/c1-2-8-20-9-7-17-15(19)13-10-11-5-3-4-6-12(11)14(16)18-13/h2-6,10H,1,7-9H2,(H,17,19). The number of nitrogens with zero attached hydrogens (tertiary/aromatic N) is 1. The number of rotatable bonds is 6. The second-order valence-electron chi connectivity index (χ2n) is 4.14. The number of benzene rings is 1. The molecule has 2 rings (SSSR count). The van der Waals surface area contributed by atoms with Crippen molar-refractivity contribution in [3.8, 4) is 0 Å². The van der Waals surface area contributed by atoms with E-state index in [0.29, 0.717) is 17.4 Å². The van der Waals surface area contributed by atoms with Gasteiger partial charge in [0.25, 0.3) is 5.91 Å². The van der Waals surface area contributed by atoms with Crippen LogP contribution in [0.5, 0.6) is 0 Å². The molecule has 0 aliphatic heterocycles. The van der Waals surface area contributed by atoms with E-state index in [1.54, 1.807) is 17.8 Å². The van der Waals surface area contributed by atoms with Crippen molar-refractivity contribution in [1.29, 1.82) is 0 Å². The highest BCUT2D eigenvalue weighted by Gasteiger charge is 2.10. The zero-order chi connectivity index (χ0) is 14.4. The summed E-state index contributed by atoms with van der Waals surface area (Å²) >= 11 is 7.82. The first kappa shape index (κ1) is 14.9. The van der Waals surface area contributed by atoms with Gasteiger partial charge in [-0.1, -0.05) is 41.9 Å². The molecule has 5 heteroatoms. The van der Waals surface area contributed by atoms with Gasteiger partial charge in [0.15, 0.2) is 0 Å². The summed E-state index contributed by atoms with van der Waals surface area (Å²) < 4.78 is 0. The van der Waals surface area contributed by atoms with Crippen LogP contribution in [-0.4, -0.2) is 28.9 Å². The molecule has 104 valence electrons. The van der Waals surface area contributed by atoms with Gasteiger partial charge in [-0.25, -0.2) is 4.98 Å². The van der Waals surface area contributed by atoms with E-state index in [9.17, 15) is 4.79 Å². The summed E-state index contributed by atoms with van der Waals surface area (Å²) in [5.41, 5.74) is 0.349. The van der Waals surface area contributed by atoms with E-state index in [1.807, 2.05) is 30.3 Å². The second kappa shape index (κ2) is 7.31. The topological polar surface area (TPSA) is 42.0 Å². The molecule has 0 saturated carbocycles. The van der Waals surface area contributed by atoms with E-state index in [0.717, 1.165) is 22.3 Å². The summed E-state index contributed by atoms with van der Waals surface area (Å²) in [7, 11) is 0. The number of carbonyl (C=O) groups is 1. The Morgan fingerprint density at radius 1 is 1.45 bits per heavy atom. The number of pyridine rings is 1. The summed E-state index contributed by atoms with van der Waals surface area (Å²) in [4.78, 5) is 16.2. The molecule has 0 aliphatic carbocycles. The third-order valence-corrected chi connectivity index (χ3v) is 3.95. The SMILES string of the molecule is C=CCSCCNC(=O)c1cc2ccccc2c(Cl)n1. The second-order valence-corrected chi connectivity index (χ2v) is 5.65. The van der Waals surface area contributed by atoms with Gasteiger partial charge < -0.3 is 5.32 Å². The van der Waals surface area contributed by atoms with Crippen molar-refractivity contribution >= 4 is 40.0 Å². The van der Waals surface area contributed by atoms with E-state index in [1.165, 1.54) is 0 Å². The quantitative estimate of drug-likeness (QED) is 0.504. The minimum Gasteiger partial charge on any atom is -0.350 e. The Balaban J connectivity index is 2.05. The van der Waals surface area contributed by atoms with Gasteiger partial charge in [-0.2, -0.15) is 11.8 Å². The van der Waals surface area contributed by atoms with Gasteiger partial charge in [-0.15, -0.1) is 6.58 Å². The molecule has 0 bridgehead atoms. The van der Waals surface area contributed by atoms with Gasteiger partial charge >= 0.3 is 0 Å². The lowest BCUT2D eigenvalue weighted by atomic mass is 10.1. The van der Waals surface area contributed by atoms with Crippen LogP contribution >= 0.6 is 23.4 Å². The smallest absolute Gasteiger partial charge is 0.269 e. The molecular weight excluding hydrogens is 292 g/mol. The van der Waals surface area contributed by atoms with Gasteiger partial charge in [0.05, 0.1) is 0 Å². The molecular formula is C15H15ClN2OS. The van der Waals surface area contributed by atoms with Crippen molar-refractivity contribution in [2.75, 3.05) is 18.1 Å². The average Bonchev–Trinajstić information content (AvgIpc) is 2.47. The van der Waals surface area contributed by atoms with Gasteiger partial charge in [0.1, 0.15) is 10.8 Å². The van der Waals surface area contributed by atoms with Crippen LogP contribution in [0, 0.1) is 0 Å². The molecule has 1 aromatic carbocycles. The van der Waals surface area contributed by atoms with E-state index in [4.69, 9.17) is 11.6 Å². The molecule has 0 spiro atoms. The van der Waals surface area contributed by atoms with Crippen LogP contribution in [0.25, 0.3) is 10.8 Å². The highest BCUT2D eigenvalue weighted by atomic mass is 35.5. The Bertz CT molecular complexity index is 630. The predicted molar refractivity (Wildman–Crippen MR) is 86.6 cm³/mol. The molecule has 1 amide bonds. The Morgan fingerprint density at radius 3 is 3.05 bits per heavy atom. The summed E-state index contributed by atoms with van der Waals surface area (Å²) in [5.74, 6) is 1.53. The minimum atomic E-state index is -0.197. The van der Waals surface area contributed by atoms with Crippen molar-refractivity contribution in [3.63, 3.8) is 0 Å². The van der Waals surface area contributed by atoms with Crippen LogP contribution in [0.2, 0.25) is 5.15 Å². The van der Waals surface area contributed by atoms with E-state index < -0.39 is 0 Å². The molecule has 1 N–H and O–H groups in total. The van der Waals surface area contributed by atoms with Gasteiger partial charge in [0, 0.05) is 23.4 Å². The monoisotopic (exact) mass is 306 g/mol. The fraction of sp³-hybridized carbons (Fsp3) is 0.200. The van der Waals surface area contributed by atoms with Crippen LogP contribution < -0.4 is 5.32 Å². The van der Waals surface area contributed by atoms with E-state index in [2.05, 4.69) is 16.9 Å². The number of hydrogen-bond acceptors (Lipinski definition) is 3. The third kappa shape index (κ3) is 3.74. The van der Waals surface area contributed by atoms with Crippen molar-refractivity contribution in [1.82, 2.24) is 10.3 Å². The first-order chi connectivity index (χ1) is 9.72. The van der Waals surface area contributed by atoms with Crippen LogP contribution in [0.3, 0.4) is 0 Å². The maximum atomic E-state index is 12.0. The van der Waals surface area contributed by atoms with Crippen LogP contribution in [0.15, 0.2) is 43.0 Å². The fourth-order valence-electron chi connectivity index (χ4n) is 1.77. The Hall–Kier alpha value is -1.52. The lowest BCUT2D eigenvalue weighted by Crippen LogP contribution is -2.26. The molecule has 1 aromatic heterocycles. The number of carbonyl (C=O) groups excluding carboxylic acids is 1. The number of fused-ring (bicyclic) bond motifs is 1. The molecule has 0 unspecified atom stereocenters. The van der Waals surface area contributed by atoms with Crippen molar-refractivity contribution in [3.05, 3.63) is 53.8 Å². The van der Waals surface area contributed by atoms with Crippen LogP contribution in [0.1, 0.15) is 10.5 Å². The average molecular weight is 307 g/mol. The zero-order valence-corrected chi connectivity index (χ0v) is 12.5. The van der Waals surface area contributed by atoms with E-state index in [-0.39, 0.29) is 5.91 Å². The minimum absolute atomic E-state index is 0.197.